The molecule has 0 unspecified atom stereocenters. The number of nitrogens with zero attached hydrogens (tertiary/aromatic N) is 5. The minimum absolute atomic E-state index is 0.0278. The first-order valence-electron chi connectivity index (χ1n) is 12.4. The number of nitrogens with two attached hydrogens (primary N) is 1. The van der Waals surface area contributed by atoms with Crippen molar-refractivity contribution in [1.29, 1.82) is 0 Å². The first-order chi connectivity index (χ1) is 17.4. The molecule has 1 amide bonds. The highest BCUT2D eigenvalue weighted by Crippen LogP contribution is 2.33. The van der Waals surface area contributed by atoms with Crippen molar-refractivity contribution in [3.63, 3.8) is 0 Å². The topological polar surface area (TPSA) is 81.5 Å². The van der Waals surface area contributed by atoms with Crippen molar-refractivity contribution >= 4 is 33.8 Å². The number of carbonyl (C=O) groups excluding carboxylic acids is 1. The Balaban J connectivity index is 1.44. The van der Waals surface area contributed by atoms with E-state index >= 15 is 0 Å². The standard InChI is InChI=1S/C28H30N6OS/c1-17-25(36-19(3)30-17)16-34-23-9-5-4-7-20(23)13-24(34)27-18(2)33-12-10-21(14-26(33)31-27)28(35)32-11-6-8-22(29)15-32/h4-5,7,9-10,12-14,22H,6,8,11,15-16,29H2,1-3H3/t22-/m1/s1. The van der Waals surface area contributed by atoms with Crippen LogP contribution in [0.5, 0.6) is 0 Å². The largest absolute Gasteiger partial charge is 0.337 e. The van der Waals surface area contributed by atoms with Crippen LogP contribution in [0, 0.1) is 20.8 Å². The van der Waals surface area contributed by atoms with E-state index in [0.717, 1.165) is 59.4 Å². The summed E-state index contributed by atoms with van der Waals surface area (Å²) in [6.45, 7) is 8.33. The van der Waals surface area contributed by atoms with Crippen molar-refractivity contribution in [3.8, 4) is 11.4 Å². The molecule has 0 saturated carbocycles. The van der Waals surface area contributed by atoms with Gasteiger partial charge in [0.25, 0.3) is 5.91 Å². The fourth-order valence-electron chi connectivity index (χ4n) is 5.36. The van der Waals surface area contributed by atoms with Crippen LogP contribution in [0.2, 0.25) is 0 Å². The molecule has 6 rings (SSSR count). The molecule has 2 N–H and O–H groups in total. The molecule has 5 heterocycles. The molecule has 1 aromatic carbocycles. The number of pyridine rings is 1. The van der Waals surface area contributed by atoms with E-state index < -0.39 is 0 Å². The Morgan fingerprint density at radius 1 is 1.14 bits per heavy atom. The Labute approximate surface area is 214 Å². The zero-order valence-corrected chi connectivity index (χ0v) is 21.7. The molecule has 1 aliphatic rings. The maximum absolute atomic E-state index is 13.2. The highest BCUT2D eigenvalue weighted by atomic mass is 32.1. The first kappa shape index (κ1) is 22.9. The summed E-state index contributed by atoms with van der Waals surface area (Å²) in [6.07, 6.45) is 3.88. The number of likely N-dealkylation sites (tertiary alicyclic amines) is 1. The van der Waals surface area contributed by atoms with Gasteiger partial charge in [-0.05, 0) is 57.9 Å². The van der Waals surface area contributed by atoms with Gasteiger partial charge in [0.15, 0.2) is 0 Å². The molecule has 8 heteroatoms. The fourth-order valence-corrected chi connectivity index (χ4v) is 6.29. The Morgan fingerprint density at radius 3 is 2.75 bits per heavy atom. The minimum Gasteiger partial charge on any atom is -0.337 e. The lowest BCUT2D eigenvalue weighted by molar-refractivity contribution is 0.0709. The number of amides is 1. The van der Waals surface area contributed by atoms with Gasteiger partial charge in [0.05, 0.1) is 22.9 Å². The van der Waals surface area contributed by atoms with Crippen molar-refractivity contribution in [3.05, 3.63) is 75.5 Å². The molecular formula is C28H30N6OS. The molecule has 1 fully saturated rings. The van der Waals surface area contributed by atoms with Crippen LogP contribution in [-0.2, 0) is 6.54 Å². The average molecular weight is 499 g/mol. The smallest absolute Gasteiger partial charge is 0.254 e. The van der Waals surface area contributed by atoms with E-state index in [9.17, 15) is 4.79 Å². The zero-order valence-electron chi connectivity index (χ0n) is 20.9. The van der Waals surface area contributed by atoms with Gasteiger partial charge in [0, 0.05) is 52.4 Å². The second kappa shape index (κ2) is 8.87. The Bertz CT molecular complexity index is 1610. The quantitative estimate of drug-likeness (QED) is 0.380. The third kappa shape index (κ3) is 3.90. The van der Waals surface area contributed by atoms with Crippen molar-refractivity contribution in [1.82, 2.24) is 23.8 Å². The van der Waals surface area contributed by atoms with Gasteiger partial charge in [-0.2, -0.15) is 0 Å². The minimum atomic E-state index is 0.0278. The fraction of sp³-hybridized carbons (Fsp3) is 0.321. The summed E-state index contributed by atoms with van der Waals surface area (Å²) in [6, 6.07) is 14.5. The maximum atomic E-state index is 13.2. The number of thiazole rings is 1. The molecule has 0 radical (unpaired) electrons. The molecule has 0 spiro atoms. The van der Waals surface area contributed by atoms with Crippen molar-refractivity contribution in [2.24, 2.45) is 5.73 Å². The van der Waals surface area contributed by atoms with E-state index in [1.807, 2.05) is 23.2 Å². The molecule has 1 aliphatic heterocycles. The van der Waals surface area contributed by atoms with Gasteiger partial charge >= 0.3 is 0 Å². The second-order valence-electron chi connectivity index (χ2n) is 9.76. The second-order valence-corrected chi connectivity index (χ2v) is 11.0. The Kier molecular flexibility index (Phi) is 5.65. The highest BCUT2D eigenvalue weighted by Gasteiger charge is 2.24. The van der Waals surface area contributed by atoms with Gasteiger partial charge in [-0.15, -0.1) is 11.3 Å². The zero-order chi connectivity index (χ0) is 25.0. The third-order valence-electron chi connectivity index (χ3n) is 7.21. The number of piperidine rings is 1. The molecule has 7 nitrogen and oxygen atoms in total. The summed E-state index contributed by atoms with van der Waals surface area (Å²) in [4.78, 5) is 26.0. The SMILES string of the molecule is Cc1nc(C)c(Cn2c(-c3nc4cc(C(=O)N5CCC[C@@H](N)C5)ccn4c3C)cc3ccccc32)s1. The third-order valence-corrected chi connectivity index (χ3v) is 8.27. The van der Waals surface area contributed by atoms with Crippen LogP contribution in [0.25, 0.3) is 27.9 Å². The highest BCUT2D eigenvalue weighted by molar-refractivity contribution is 7.11. The van der Waals surface area contributed by atoms with Crippen molar-refractivity contribution in [2.45, 2.75) is 46.2 Å². The van der Waals surface area contributed by atoms with Gasteiger partial charge in [-0.3, -0.25) is 4.79 Å². The summed E-state index contributed by atoms with van der Waals surface area (Å²) in [5.41, 5.74) is 12.8. The van der Waals surface area contributed by atoms with Crippen molar-refractivity contribution in [2.75, 3.05) is 13.1 Å². The Morgan fingerprint density at radius 2 is 1.97 bits per heavy atom. The predicted octanol–water partition coefficient (Wildman–Crippen LogP) is 4.95. The summed E-state index contributed by atoms with van der Waals surface area (Å²) in [7, 11) is 0. The number of benzene rings is 1. The molecular weight excluding hydrogens is 468 g/mol. The lowest BCUT2D eigenvalue weighted by Crippen LogP contribution is -2.45. The van der Waals surface area contributed by atoms with Gasteiger partial charge < -0.3 is 19.6 Å². The van der Waals surface area contributed by atoms with E-state index in [0.29, 0.717) is 12.1 Å². The lowest BCUT2D eigenvalue weighted by Gasteiger charge is -2.30. The number of hydrogen-bond acceptors (Lipinski definition) is 5. The molecule has 1 atom stereocenters. The van der Waals surface area contributed by atoms with Crippen LogP contribution in [0.3, 0.4) is 0 Å². The average Bonchev–Trinajstić information content (AvgIpc) is 3.51. The van der Waals surface area contributed by atoms with Crippen LogP contribution in [0.1, 0.15) is 44.5 Å². The van der Waals surface area contributed by atoms with Gasteiger partial charge in [-0.25, -0.2) is 9.97 Å². The number of fused-ring (bicyclic) bond motifs is 2. The molecule has 5 aromatic rings. The van der Waals surface area contributed by atoms with Crippen LogP contribution >= 0.6 is 11.3 Å². The summed E-state index contributed by atoms with van der Waals surface area (Å²) in [5, 5.41) is 2.26. The van der Waals surface area contributed by atoms with Gasteiger partial charge in [-0.1, -0.05) is 18.2 Å². The van der Waals surface area contributed by atoms with E-state index in [-0.39, 0.29) is 11.9 Å². The monoisotopic (exact) mass is 498 g/mol. The van der Waals surface area contributed by atoms with E-state index in [2.05, 4.69) is 65.1 Å². The number of carbonyl (C=O) groups is 1. The molecule has 4 aromatic heterocycles. The Hall–Kier alpha value is -3.49. The number of aryl methyl sites for hydroxylation is 3. The molecule has 36 heavy (non-hydrogen) atoms. The summed E-state index contributed by atoms with van der Waals surface area (Å²) < 4.78 is 4.41. The van der Waals surface area contributed by atoms with Crippen LogP contribution in [0.15, 0.2) is 48.7 Å². The number of rotatable bonds is 4. The molecule has 184 valence electrons. The van der Waals surface area contributed by atoms with Gasteiger partial charge in [0.1, 0.15) is 11.3 Å². The van der Waals surface area contributed by atoms with E-state index in [4.69, 9.17) is 10.7 Å². The molecule has 1 saturated heterocycles. The number of aromatic nitrogens is 4. The van der Waals surface area contributed by atoms with Crippen LogP contribution in [-0.4, -0.2) is 48.9 Å². The number of hydrogen-bond donors (Lipinski definition) is 1. The van der Waals surface area contributed by atoms with Crippen LogP contribution < -0.4 is 5.73 Å². The number of imidazole rings is 1. The van der Waals surface area contributed by atoms with Crippen molar-refractivity contribution < 1.29 is 4.79 Å². The number of para-hydroxylation sites is 1. The predicted molar refractivity (Wildman–Crippen MR) is 145 cm³/mol. The first-order valence-corrected chi connectivity index (χ1v) is 13.3. The van der Waals surface area contributed by atoms with E-state index in [1.54, 1.807) is 11.3 Å². The molecule has 0 aliphatic carbocycles. The normalized spacial score (nSPS) is 16.3. The lowest BCUT2D eigenvalue weighted by atomic mass is 10.1. The van der Waals surface area contributed by atoms with E-state index in [1.165, 1.54) is 15.8 Å². The summed E-state index contributed by atoms with van der Waals surface area (Å²) >= 11 is 1.74. The molecule has 0 bridgehead atoms. The van der Waals surface area contributed by atoms with Gasteiger partial charge in [0.2, 0.25) is 0 Å². The van der Waals surface area contributed by atoms with Crippen LogP contribution in [0.4, 0.5) is 0 Å². The summed E-state index contributed by atoms with van der Waals surface area (Å²) in [5.74, 6) is 0.0278. The maximum Gasteiger partial charge on any atom is 0.254 e.